The Labute approximate surface area is 91.5 Å². The molecule has 0 saturated heterocycles. The number of hydrogen-bond acceptors (Lipinski definition) is 2. The zero-order chi connectivity index (χ0) is 10.3. The van der Waals surface area contributed by atoms with Gasteiger partial charge in [0.2, 0.25) is 0 Å². The number of halogens is 1. The van der Waals surface area contributed by atoms with Crippen LogP contribution in [0, 0.1) is 0 Å². The van der Waals surface area contributed by atoms with Gasteiger partial charge >= 0.3 is 0 Å². The molecular weight excluding hydrogens is 208 g/mol. The van der Waals surface area contributed by atoms with E-state index in [-0.39, 0.29) is 0 Å². The van der Waals surface area contributed by atoms with Crippen LogP contribution >= 0.6 is 11.6 Å². The molecule has 1 aromatic carbocycles. The summed E-state index contributed by atoms with van der Waals surface area (Å²) in [6.45, 7) is 0. The number of benzene rings is 1. The highest BCUT2D eigenvalue weighted by Crippen LogP contribution is 2.23. The van der Waals surface area contributed by atoms with Gasteiger partial charge in [-0.05, 0) is 12.1 Å². The highest BCUT2D eigenvalue weighted by Gasteiger charge is 2.02. The molecule has 0 aliphatic rings. The third-order valence-corrected chi connectivity index (χ3v) is 2.61. The summed E-state index contributed by atoms with van der Waals surface area (Å²) < 4.78 is 0. The molecule has 0 amide bonds. The fourth-order valence-corrected chi connectivity index (χ4v) is 1.87. The molecule has 2 nitrogen and oxygen atoms in total. The predicted octanol–water partition coefficient (Wildman–Crippen LogP) is 3.44. The fraction of sp³-hybridized carbons (Fsp3) is 0. The number of fused-ring (bicyclic) bond motifs is 3. The maximum Gasteiger partial charge on any atom is 0.0892 e. The average molecular weight is 215 g/mol. The molecule has 0 aliphatic heterocycles. The van der Waals surface area contributed by atoms with Crippen LogP contribution in [0.1, 0.15) is 0 Å². The van der Waals surface area contributed by atoms with E-state index in [1.165, 1.54) is 0 Å². The number of aromatic nitrogens is 2. The summed E-state index contributed by atoms with van der Waals surface area (Å²) in [5, 5.41) is 2.79. The van der Waals surface area contributed by atoms with E-state index in [9.17, 15) is 0 Å². The molecule has 0 radical (unpaired) electrons. The zero-order valence-electron chi connectivity index (χ0n) is 7.81. The molecule has 0 atom stereocenters. The molecule has 72 valence electrons. The summed E-state index contributed by atoms with van der Waals surface area (Å²) in [7, 11) is 0. The van der Waals surface area contributed by atoms with Crippen molar-refractivity contribution < 1.29 is 0 Å². The first-order chi connectivity index (χ1) is 7.34. The second kappa shape index (κ2) is 3.17. The van der Waals surface area contributed by atoms with E-state index < -0.39 is 0 Å². The van der Waals surface area contributed by atoms with E-state index in [0.29, 0.717) is 5.02 Å². The van der Waals surface area contributed by atoms with Gasteiger partial charge in [0, 0.05) is 17.0 Å². The van der Waals surface area contributed by atoms with E-state index in [1.54, 1.807) is 12.4 Å². The van der Waals surface area contributed by atoms with Crippen molar-refractivity contribution >= 4 is 33.4 Å². The van der Waals surface area contributed by atoms with Gasteiger partial charge in [-0.3, -0.25) is 9.97 Å². The van der Waals surface area contributed by atoms with Gasteiger partial charge in [-0.1, -0.05) is 29.8 Å². The molecule has 0 aliphatic carbocycles. The second-order valence-electron chi connectivity index (χ2n) is 3.36. The molecule has 2 heterocycles. The molecule has 0 spiro atoms. The number of hydrogen-bond donors (Lipinski definition) is 0. The van der Waals surface area contributed by atoms with Gasteiger partial charge in [0.15, 0.2) is 0 Å². The highest BCUT2D eigenvalue weighted by atomic mass is 35.5. The van der Waals surface area contributed by atoms with Gasteiger partial charge < -0.3 is 0 Å². The summed E-state index contributed by atoms with van der Waals surface area (Å²) in [6, 6.07) is 9.90. The highest BCUT2D eigenvalue weighted by molar-refractivity contribution is 6.31. The van der Waals surface area contributed by atoms with Crippen LogP contribution in [0.15, 0.2) is 42.7 Å². The largest absolute Gasteiger partial charge is 0.254 e. The molecular formula is C12H7ClN2. The molecule has 0 saturated carbocycles. The van der Waals surface area contributed by atoms with Gasteiger partial charge in [-0.15, -0.1) is 0 Å². The summed E-state index contributed by atoms with van der Waals surface area (Å²) in [6.07, 6.45) is 3.41. The van der Waals surface area contributed by atoms with E-state index in [0.717, 1.165) is 21.8 Å². The summed E-state index contributed by atoms with van der Waals surface area (Å²) in [4.78, 5) is 8.57. The number of rotatable bonds is 0. The Bertz CT molecular complexity index is 649. The molecule has 15 heavy (non-hydrogen) atoms. The van der Waals surface area contributed by atoms with E-state index in [2.05, 4.69) is 9.97 Å². The topological polar surface area (TPSA) is 25.8 Å². The lowest BCUT2D eigenvalue weighted by molar-refractivity contribution is 1.36. The van der Waals surface area contributed by atoms with Crippen LogP contribution in [-0.4, -0.2) is 9.97 Å². The maximum absolute atomic E-state index is 5.94. The van der Waals surface area contributed by atoms with Crippen molar-refractivity contribution in [3.05, 3.63) is 47.7 Å². The quantitative estimate of drug-likeness (QED) is 0.536. The Hall–Kier alpha value is -1.67. The van der Waals surface area contributed by atoms with E-state index in [4.69, 9.17) is 11.6 Å². The van der Waals surface area contributed by atoms with Crippen LogP contribution in [-0.2, 0) is 0 Å². The SMILES string of the molecule is Clc1cnc2cnc3ccccc3c2c1. The zero-order valence-corrected chi connectivity index (χ0v) is 8.57. The minimum absolute atomic E-state index is 0.652. The van der Waals surface area contributed by atoms with Crippen LogP contribution in [0.25, 0.3) is 21.8 Å². The molecule has 0 fully saturated rings. The monoisotopic (exact) mass is 214 g/mol. The third-order valence-electron chi connectivity index (χ3n) is 2.41. The Balaban J connectivity index is 2.57. The summed E-state index contributed by atoms with van der Waals surface area (Å²) in [5.41, 5.74) is 1.84. The van der Waals surface area contributed by atoms with Crippen molar-refractivity contribution in [2.75, 3.05) is 0 Å². The fourth-order valence-electron chi connectivity index (χ4n) is 1.71. The first-order valence-corrected chi connectivity index (χ1v) is 5.01. The summed E-state index contributed by atoms with van der Waals surface area (Å²) >= 11 is 5.94. The lowest BCUT2D eigenvalue weighted by atomic mass is 10.1. The third kappa shape index (κ3) is 1.34. The van der Waals surface area contributed by atoms with E-state index >= 15 is 0 Å². The van der Waals surface area contributed by atoms with Crippen molar-refractivity contribution in [3.8, 4) is 0 Å². The lowest BCUT2D eigenvalue weighted by Crippen LogP contribution is -1.84. The first-order valence-electron chi connectivity index (χ1n) is 4.63. The van der Waals surface area contributed by atoms with Crippen molar-refractivity contribution in [1.29, 1.82) is 0 Å². The molecule has 0 unspecified atom stereocenters. The number of nitrogens with zero attached hydrogens (tertiary/aromatic N) is 2. The molecule has 3 heteroatoms. The van der Waals surface area contributed by atoms with Crippen LogP contribution in [0.5, 0.6) is 0 Å². The van der Waals surface area contributed by atoms with Crippen molar-refractivity contribution in [2.24, 2.45) is 0 Å². The maximum atomic E-state index is 5.94. The lowest BCUT2D eigenvalue weighted by Gasteiger charge is -2.01. The van der Waals surface area contributed by atoms with Crippen LogP contribution in [0.3, 0.4) is 0 Å². The molecule has 0 bridgehead atoms. The van der Waals surface area contributed by atoms with Crippen LogP contribution in [0.2, 0.25) is 5.02 Å². The van der Waals surface area contributed by atoms with Crippen LogP contribution < -0.4 is 0 Å². The Morgan fingerprint density at radius 3 is 2.60 bits per heavy atom. The van der Waals surface area contributed by atoms with Gasteiger partial charge in [0.25, 0.3) is 0 Å². The van der Waals surface area contributed by atoms with Gasteiger partial charge in [0.1, 0.15) is 0 Å². The molecule has 2 aromatic heterocycles. The van der Waals surface area contributed by atoms with Crippen LogP contribution in [0.4, 0.5) is 0 Å². The minimum Gasteiger partial charge on any atom is -0.254 e. The van der Waals surface area contributed by atoms with Gasteiger partial charge in [0.05, 0.1) is 22.3 Å². The number of pyridine rings is 2. The molecule has 3 aromatic rings. The average Bonchev–Trinajstić information content (AvgIpc) is 2.29. The Morgan fingerprint density at radius 1 is 0.867 bits per heavy atom. The van der Waals surface area contributed by atoms with Crippen molar-refractivity contribution in [2.45, 2.75) is 0 Å². The van der Waals surface area contributed by atoms with Crippen molar-refractivity contribution in [1.82, 2.24) is 9.97 Å². The Kier molecular flexibility index (Phi) is 1.82. The molecule has 3 rings (SSSR count). The van der Waals surface area contributed by atoms with E-state index in [1.807, 2.05) is 30.3 Å². The normalized spacial score (nSPS) is 11.0. The standard InChI is InChI=1S/C12H7ClN2/c13-8-5-10-9-3-1-2-4-11(9)15-7-12(10)14-6-8/h1-7H. The number of para-hydroxylation sites is 1. The van der Waals surface area contributed by atoms with Gasteiger partial charge in [-0.25, -0.2) is 0 Å². The summed E-state index contributed by atoms with van der Waals surface area (Å²) in [5.74, 6) is 0. The van der Waals surface area contributed by atoms with Crippen molar-refractivity contribution in [3.63, 3.8) is 0 Å². The minimum atomic E-state index is 0.652. The Morgan fingerprint density at radius 2 is 1.67 bits per heavy atom. The first kappa shape index (κ1) is 8.62. The van der Waals surface area contributed by atoms with Gasteiger partial charge in [-0.2, -0.15) is 0 Å². The predicted molar refractivity (Wildman–Crippen MR) is 62.1 cm³/mol. The second-order valence-corrected chi connectivity index (χ2v) is 3.80. The smallest absolute Gasteiger partial charge is 0.0892 e. The molecule has 0 N–H and O–H groups in total.